The number of fused-ring (bicyclic) bond motifs is 1. The first-order valence-electron chi connectivity index (χ1n) is 9.49. The van der Waals surface area contributed by atoms with Crippen LogP contribution in [-0.2, 0) is 11.2 Å². The zero-order valence-electron chi connectivity index (χ0n) is 16.4. The third-order valence-corrected chi connectivity index (χ3v) is 5.00. The lowest BCUT2D eigenvalue weighted by atomic mass is 10.1. The fraction of sp³-hybridized carbons (Fsp3) is 0.182. The molecule has 2 N–H and O–H groups in total. The molecule has 1 atom stereocenters. The van der Waals surface area contributed by atoms with Crippen LogP contribution >= 0.6 is 0 Å². The normalized spacial score (nSPS) is 15.5. The van der Waals surface area contributed by atoms with Gasteiger partial charge in [0, 0.05) is 26.2 Å². The highest BCUT2D eigenvalue weighted by Crippen LogP contribution is 2.27. The van der Waals surface area contributed by atoms with Crippen molar-refractivity contribution in [2.45, 2.75) is 12.5 Å². The summed E-state index contributed by atoms with van der Waals surface area (Å²) < 4.78 is 1.19. The van der Waals surface area contributed by atoms with E-state index in [2.05, 4.69) is 21.8 Å². The highest BCUT2D eigenvalue weighted by atomic mass is 16.2. The maximum absolute atomic E-state index is 12.8. The molecule has 1 aliphatic heterocycles. The quantitative estimate of drug-likeness (QED) is 0.703. The lowest BCUT2D eigenvalue weighted by molar-refractivity contribution is -0.119. The summed E-state index contributed by atoms with van der Waals surface area (Å²) in [5, 5.41) is 19.1. The Kier molecular flexibility index (Phi) is 5.18. The molecule has 0 radical (unpaired) electrons. The Morgan fingerprint density at radius 3 is 2.93 bits per heavy atom. The largest absolute Gasteiger partial charge is 0.381 e. The topological polar surface area (TPSA) is 103 Å². The number of anilines is 2. The standard InChI is InChI=1S/C22H20N6O2/c1-27-20-8-3-2-7-18(20)24-13-19(21(27)29)26-22(30)28-14-17(12-25-28)10-15-5-4-6-16(9-15)11-23/h2-9,12,14,19,24H,10,13H2,1H3,(H,26,30)/t19-/m0/s1. The summed E-state index contributed by atoms with van der Waals surface area (Å²) in [6, 6.07) is 15.7. The predicted octanol–water partition coefficient (Wildman–Crippen LogP) is 2.36. The minimum Gasteiger partial charge on any atom is -0.381 e. The number of carbonyl (C=O) groups is 2. The number of para-hydroxylation sites is 2. The molecule has 3 aromatic rings. The summed E-state index contributed by atoms with van der Waals surface area (Å²) in [6.45, 7) is 0.279. The number of aromatic nitrogens is 2. The van der Waals surface area contributed by atoms with Crippen LogP contribution in [0.15, 0.2) is 60.9 Å². The van der Waals surface area contributed by atoms with Crippen molar-refractivity contribution >= 4 is 23.3 Å². The maximum Gasteiger partial charge on any atom is 0.342 e. The second-order valence-corrected chi connectivity index (χ2v) is 7.08. The lowest BCUT2D eigenvalue weighted by Crippen LogP contribution is -2.50. The van der Waals surface area contributed by atoms with Gasteiger partial charge in [0.05, 0.1) is 29.2 Å². The number of amides is 2. The van der Waals surface area contributed by atoms with Gasteiger partial charge < -0.3 is 15.5 Å². The molecule has 1 aliphatic rings. The van der Waals surface area contributed by atoms with E-state index in [1.54, 1.807) is 31.6 Å². The number of likely N-dealkylation sites (N-methyl/N-ethyl adjacent to an activating group) is 1. The highest BCUT2D eigenvalue weighted by molar-refractivity contribution is 6.02. The van der Waals surface area contributed by atoms with Gasteiger partial charge in [-0.3, -0.25) is 4.79 Å². The van der Waals surface area contributed by atoms with Crippen LogP contribution in [0.2, 0.25) is 0 Å². The van der Waals surface area contributed by atoms with Crippen molar-refractivity contribution in [1.29, 1.82) is 5.26 Å². The fourth-order valence-electron chi connectivity index (χ4n) is 3.44. The van der Waals surface area contributed by atoms with E-state index in [1.807, 2.05) is 36.4 Å². The molecule has 0 spiro atoms. The molecular weight excluding hydrogens is 380 g/mol. The fourth-order valence-corrected chi connectivity index (χ4v) is 3.44. The van der Waals surface area contributed by atoms with Gasteiger partial charge in [-0.15, -0.1) is 0 Å². The van der Waals surface area contributed by atoms with Gasteiger partial charge in [0.15, 0.2) is 0 Å². The number of nitrogens with zero attached hydrogens (tertiary/aromatic N) is 4. The Bertz CT molecular complexity index is 1150. The van der Waals surface area contributed by atoms with Gasteiger partial charge in [0.2, 0.25) is 0 Å². The molecule has 0 unspecified atom stereocenters. The van der Waals surface area contributed by atoms with E-state index >= 15 is 0 Å². The summed E-state index contributed by atoms with van der Waals surface area (Å²) in [6.07, 6.45) is 3.78. The van der Waals surface area contributed by atoms with Gasteiger partial charge in [-0.1, -0.05) is 24.3 Å². The zero-order valence-corrected chi connectivity index (χ0v) is 16.4. The average molecular weight is 400 g/mol. The first-order valence-corrected chi connectivity index (χ1v) is 9.49. The van der Waals surface area contributed by atoms with E-state index in [0.717, 1.165) is 22.5 Å². The number of nitrogens with one attached hydrogen (secondary N) is 2. The molecule has 2 heterocycles. The molecule has 0 aliphatic carbocycles. The van der Waals surface area contributed by atoms with Crippen LogP contribution in [-0.4, -0.2) is 41.4 Å². The van der Waals surface area contributed by atoms with Crippen molar-refractivity contribution in [3.63, 3.8) is 0 Å². The maximum atomic E-state index is 12.8. The third kappa shape index (κ3) is 3.86. The van der Waals surface area contributed by atoms with Crippen molar-refractivity contribution in [3.05, 3.63) is 77.6 Å². The van der Waals surface area contributed by atoms with E-state index < -0.39 is 12.1 Å². The average Bonchev–Trinajstić information content (AvgIpc) is 3.20. The molecule has 0 saturated heterocycles. The second kappa shape index (κ2) is 8.09. The second-order valence-electron chi connectivity index (χ2n) is 7.08. The van der Waals surface area contributed by atoms with E-state index in [4.69, 9.17) is 5.26 Å². The number of hydrogen-bond donors (Lipinski definition) is 2. The number of rotatable bonds is 3. The molecular formula is C22H20N6O2. The van der Waals surface area contributed by atoms with Crippen LogP contribution < -0.4 is 15.5 Å². The van der Waals surface area contributed by atoms with E-state index in [-0.39, 0.29) is 12.5 Å². The summed E-state index contributed by atoms with van der Waals surface area (Å²) in [4.78, 5) is 27.0. The van der Waals surface area contributed by atoms with E-state index in [9.17, 15) is 9.59 Å². The molecule has 2 amide bonds. The summed E-state index contributed by atoms with van der Waals surface area (Å²) in [5.41, 5.74) is 3.97. The number of hydrogen-bond acceptors (Lipinski definition) is 5. The van der Waals surface area contributed by atoms with Crippen molar-refractivity contribution in [2.24, 2.45) is 0 Å². The van der Waals surface area contributed by atoms with Crippen molar-refractivity contribution in [2.75, 3.05) is 23.8 Å². The van der Waals surface area contributed by atoms with Crippen LogP contribution in [0.4, 0.5) is 16.2 Å². The van der Waals surface area contributed by atoms with Gasteiger partial charge in [0.1, 0.15) is 6.04 Å². The smallest absolute Gasteiger partial charge is 0.342 e. The Morgan fingerprint density at radius 1 is 1.27 bits per heavy atom. The first kappa shape index (κ1) is 19.2. The Balaban J connectivity index is 1.44. The zero-order chi connectivity index (χ0) is 21.1. The van der Waals surface area contributed by atoms with E-state index in [1.165, 1.54) is 9.58 Å². The molecule has 8 heteroatoms. The van der Waals surface area contributed by atoms with Crippen molar-refractivity contribution in [1.82, 2.24) is 15.1 Å². The van der Waals surface area contributed by atoms with Crippen molar-refractivity contribution < 1.29 is 9.59 Å². The van der Waals surface area contributed by atoms with Gasteiger partial charge in [-0.2, -0.15) is 15.0 Å². The molecule has 0 fully saturated rings. The lowest BCUT2D eigenvalue weighted by Gasteiger charge is -2.21. The predicted molar refractivity (Wildman–Crippen MR) is 112 cm³/mol. The molecule has 2 aromatic carbocycles. The SMILES string of the molecule is CN1C(=O)[C@@H](NC(=O)n2cc(Cc3cccc(C#N)c3)cn2)CNc2ccccc21. The van der Waals surface area contributed by atoms with Gasteiger partial charge in [-0.05, 0) is 35.4 Å². The Morgan fingerprint density at radius 2 is 2.10 bits per heavy atom. The summed E-state index contributed by atoms with van der Waals surface area (Å²) >= 11 is 0. The molecule has 150 valence electrons. The molecule has 1 aromatic heterocycles. The molecule has 30 heavy (non-hydrogen) atoms. The Labute approximate surface area is 173 Å². The van der Waals surface area contributed by atoms with Crippen LogP contribution in [0.1, 0.15) is 16.7 Å². The first-order chi connectivity index (χ1) is 14.5. The molecule has 0 bridgehead atoms. The molecule has 0 saturated carbocycles. The van der Waals surface area contributed by atoms with Crippen LogP contribution in [0.5, 0.6) is 0 Å². The summed E-state index contributed by atoms with van der Waals surface area (Å²) in [7, 11) is 1.69. The minimum atomic E-state index is -0.727. The van der Waals surface area contributed by atoms with Crippen LogP contribution in [0, 0.1) is 11.3 Å². The number of nitriles is 1. The van der Waals surface area contributed by atoms with Crippen molar-refractivity contribution in [3.8, 4) is 6.07 Å². The molecule has 8 nitrogen and oxygen atoms in total. The summed E-state index contributed by atoms with van der Waals surface area (Å²) in [5.74, 6) is -0.207. The molecule has 4 rings (SSSR count). The van der Waals surface area contributed by atoms with Gasteiger partial charge in [0.25, 0.3) is 5.91 Å². The minimum absolute atomic E-state index is 0.207. The van der Waals surface area contributed by atoms with Gasteiger partial charge in [-0.25, -0.2) is 4.79 Å². The van der Waals surface area contributed by atoms with Crippen LogP contribution in [0.25, 0.3) is 0 Å². The highest BCUT2D eigenvalue weighted by Gasteiger charge is 2.29. The number of carbonyl (C=O) groups excluding carboxylic acids is 2. The monoisotopic (exact) mass is 400 g/mol. The van der Waals surface area contributed by atoms with Crippen LogP contribution in [0.3, 0.4) is 0 Å². The van der Waals surface area contributed by atoms with Gasteiger partial charge >= 0.3 is 6.03 Å². The Hall–Kier alpha value is -4.12. The van der Waals surface area contributed by atoms with E-state index in [0.29, 0.717) is 12.0 Å². The number of benzene rings is 2. The third-order valence-electron chi connectivity index (χ3n) is 5.00.